The van der Waals surface area contributed by atoms with E-state index >= 15 is 0 Å². The molecule has 0 radical (unpaired) electrons. The third-order valence-electron chi connectivity index (χ3n) is 2.91. The number of hydrogen-bond donors (Lipinski definition) is 1. The molecular weight excluding hydrogens is 276 g/mol. The standard InChI is InChI=1S/C14H32O5Si/c1-6-11-13-16-14(15,12-7-2)20(17-8-3,18-9-4)19-10-5/h15H,6-13H2,1-5H3. The lowest BCUT2D eigenvalue weighted by Gasteiger charge is -2.41. The van der Waals surface area contributed by atoms with E-state index in [1.165, 1.54) is 0 Å². The number of rotatable bonds is 13. The molecule has 122 valence electrons. The molecule has 0 amide bonds. The van der Waals surface area contributed by atoms with E-state index in [-0.39, 0.29) is 0 Å². The van der Waals surface area contributed by atoms with Gasteiger partial charge in [-0.3, -0.25) is 0 Å². The van der Waals surface area contributed by atoms with Crippen molar-refractivity contribution in [1.82, 2.24) is 0 Å². The first kappa shape index (κ1) is 20.0. The molecule has 1 N–H and O–H groups in total. The highest BCUT2D eigenvalue weighted by molar-refractivity contribution is 6.63. The molecule has 0 aliphatic rings. The highest BCUT2D eigenvalue weighted by Gasteiger charge is 2.61. The Morgan fingerprint density at radius 1 is 0.850 bits per heavy atom. The zero-order chi connectivity index (χ0) is 15.5. The lowest BCUT2D eigenvalue weighted by molar-refractivity contribution is -0.198. The van der Waals surface area contributed by atoms with Gasteiger partial charge in [0, 0.05) is 32.8 Å². The van der Waals surface area contributed by atoms with Gasteiger partial charge in [0.05, 0.1) is 0 Å². The Hall–Kier alpha value is 0.0169. The van der Waals surface area contributed by atoms with Gasteiger partial charge in [-0.25, -0.2) is 0 Å². The second-order valence-corrected chi connectivity index (χ2v) is 7.35. The SMILES string of the molecule is CCCCOC(O)(CCC)[Si](OCC)(OCC)OCC. The van der Waals surface area contributed by atoms with Crippen molar-refractivity contribution >= 4 is 8.80 Å². The van der Waals surface area contributed by atoms with Crippen LogP contribution in [0.4, 0.5) is 0 Å². The second kappa shape index (κ2) is 10.7. The molecule has 5 nitrogen and oxygen atoms in total. The Morgan fingerprint density at radius 3 is 1.70 bits per heavy atom. The summed E-state index contributed by atoms with van der Waals surface area (Å²) in [6.45, 7) is 11.5. The van der Waals surface area contributed by atoms with E-state index in [4.69, 9.17) is 18.0 Å². The Morgan fingerprint density at radius 2 is 1.35 bits per heavy atom. The lowest BCUT2D eigenvalue weighted by atomic mass is 10.3. The average Bonchev–Trinajstić information content (AvgIpc) is 2.40. The molecule has 0 rings (SSSR count). The van der Waals surface area contributed by atoms with E-state index < -0.39 is 14.2 Å². The van der Waals surface area contributed by atoms with Crippen molar-refractivity contribution in [1.29, 1.82) is 0 Å². The lowest BCUT2D eigenvalue weighted by Crippen LogP contribution is -2.66. The van der Waals surface area contributed by atoms with E-state index in [9.17, 15) is 5.11 Å². The Kier molecular flexibility index (Phi) is 10.7. The third-order valence-corrected chi connectivity index (χ3v) is 6.27. The molecule has 0 saturated carbocycles. The fourth-order valence-corrected chi connectivity index (χ4v) is 4.97. The zero-order valence-electron chi connectivity index (χ0n) is 13.7. The van der Waals surface area contributed by atoms with Crippen LogP contribution in [0.3, 0.4) is 0 Å². The third kappa shape index (κ3) is 5.42. The predicted octanol–water partition coefficient (Wildman–Crippen LogP) is 2.88. The molecule has 0 aromatic carbocycles. The fraction of sp³-hybridized carbons (Fsp3) is 1.00. The molecule has 0 aliphatic heterocycles. The molecule has 0 heterocycles. The summed E-state index contributed by atoms with van der Waals surface area (Å²) in [4.78, 5) is 0. The summed E-state index contributed by atoms with van der Waals surface area (Å²) in [5.74, 6) is 0. The normalized spacial score (nSPS) is 15.3. The van der Waals surface area contributed by atoms with Crippen LogP contribution < -0.4 is 0 Å². The number of hydrogen-bond acceptors (Lipinski definition) is 5. The summed E-state index contributed by atoms with van der Waals surface area (Å²) in [7, 11) is -3.29. The van der Waals surface area contributed by atoms with Crippen molar-refractivity contribution in [2.24, 2.45) is 0 Å². The van der Waals surface area contributed by atoms with Gasteiger partial charge in [-0.15, -0.1) is 0 Å². The monoisotopic (exact) mass is 308 g/mol. The highest BCUT2D eigenvalue weighted by Crippen LogP contribution is 2.31. The van der Waals surface area contributed by atoms with Crippen molar-refractivity contribution < 1.29 is 23.1 Å². The Balaban J connectivity index is 5.22. The molecule has 6 heteroatoms. The van der Waals surface area contributed by atoms with Gasteiger partial charge in [0.15, 0.2) is 0 Å². The topological polar surface area (TPSA) is 57.2 Å². The summed E-state index contributed by atoms with van der Waals surface area (Å²) >= 11 is 0. The smallest absolute Gasteiger partial charge is 0.371 e. The summed E-state index contributed by atoms with van der Waals surface area (Å²) in [5, 5.41) is 11.0. The van der Waals surface area contributed by atoms with Crippen LogP contribution in [-0.2, 0) is 18.0 Å². The van der Waals surface area contributed by atoms with Crippen LogP contribution in [0.25, 0.3) is 0 Å². The minimum atomic E-state index is -3.29. The molecule has 1 atom stereocenters. The zero-order valence-corrected chi connectivity index (χ0v) is 14.7. The van der Waals surface area contributed by atoms with Crippen LogP contribution in [-0.4, -0.2) is 45.7 Å². The summed E-state index contributed by atoms with van der Waals surface area (Å²) in [6, 6.07) is 0. The van der Waals surface area contributed by atoms with Crippen LogP contribution in [0.1, 0.15) is 60.3 Å². The predicted molar refractivity (Wildman–Crippen MR) is 81.3 cm³/mol. The van der Waals surface area contributed by atoms with E-state index in [0.717, 1.165) is 19.3 Å². The van der Waals surface area contributed by atoms with Crippen molar-refractivity contribution in [3.8, 4) is 0 Å². The number of ether oxygens (including phenoxy) is 1. The van der Waals surface area contributed by atoms with Crippen molar-refractivity contribution in [2.45, 2.75) is 65.7 Å². The average molecular weight is 308 g/mol. The largest absolute Gasteiger partial charge is 0.563 e. The minimum absolute atomic E-state index is 0.426. The van der Waals surface area contributed by atoms with Crippen LogP contribution in [0.15, 0.2) is 0 Å². The Labute approximate surface area is 124 Å². The molecule has 0 aromatic rings. The highest BCUT2D eigenvalue weighted by atomic mass is 28.4. The first-order valence-corrected chi connectivity index (χ1v) is 9.56. The summed E-state index contributed by atoms with van der Waals surface area (Å²) in [5.41, 5.74) is -1.46. The van der Waals surface area contributed by atoms with Crippen LogP contribution in [0.5, 0.6) is 0 Å². The quantitative estimate of drug-likeness (QED) is 0.322. The van der Waals surface area contributed by atoms with Gasteiger partial charge < -0.3 is 23.1 Å². The van der Waals surface area contributed by atoms with Gasteiger partial charge in [-0.05, 0) is 27.2 Å². The van der Waals surface area contributed by atoms with Gasteiger partial charge >= 0.3 is 8.80 Å². The van der Waals surface area contributed by atoms with Crippen LogP contribution >= 0.6 is 0 Å². The van der Waals surface area contributed by atoms with Crippen molar-refractivity contribution in [3.63, 3.8) is 0 Å². The maximum Gasteiger partial charge on any atom is 0.563 e. The first-order chi connectivity index (χ1) is 9.55. The molecule has 0 fully saturated rings. The van der Waals surface area contributed by atoms with Crippen LogP contribution in [0.2, 0.25) is 0 Å². The van der Waals surface area contributed by atoms with Crippen molar-refractivity contribution in [3.05, 3.63) is 0 Å². The number of aliphatic hydroxyl groups is 1. The maximum absolute atomic E-state index is 11.0. The van der Waals surface area contributed by atoms with Gasteiger partial charge in [0.25, 0.3) is 0 Å². The summed E-state index contributed by atoms with van der Waals surface area (Å²) < 4.78 is 23.1. The first-order valence-electron chi connectivity index (χ1n) is 7.83. The summed E-state index contributed by atoms with van der Waals surface area (Å²) in [6.07, 6.45) is 3.11. The maximum atomic E-state index is 11.0. The van der Waals surface area contributed by atoms with E-state index in [0.29, 0.717) is 32.8 Å². The van der Waals surface area contributed by atoms with Gasteiger partial charge in [0.1, 0.15) is 0 Å². The Bertz CT molecular complexity index is 223. The second-order valence-electron chi connectivity index (χ2n) is 4.59. The fourth-order valence-electron chi connectivity index (χ4n) is 2.07. The van der Waals surface area contributed by atoms with Crippen LogP contribution in [0, 0.1) is 0 Å². The minimum Gasteiger partial charge on any atom is -0.371 e. The molecule has 1 unspecified atom stereocenters. The van der Waals surface area contributed by atoms with Gasteiger partial charge in [-0.2, -0.15) is 0 Å². The molecule has 0 saturated heterocycles. The molecular formula is C14H32O5Si. The molecule has 0 aliphatic carbocycles. The van der Waals surface area contributed by atoms with E-state index in [1.54, 1.807) is 0 Å². The molecule has 0 aromatic heterocycles. The molecule has 20 heavy (non-hydrogen) atoms. The van der Waals surface area contributed by atoms with Crippen molar-refractivity contribution in [2.75, 3.05) is 26.4 Å². The van der Waals surface area contributed by atoms with Gasteiger partial charge in [0.2, 0.25) is 5.41 Å². The molecule has 0 bridgehead atoms. The van der Waals surface area contributed by atoms with E-state index in [2.05, 4.69) is 6.92 Å². The molecule has 0 spiro atoms. The van der Waals surface area contributed by atoms with Gasteiger partial charge in [-0.1, -0.05) is 26.7 Å². The number of unbranched alkanes of at least 4 members (excludes halogenated alkanes) is 1. The van der Waals surface area contributed by atoms with E-state index in [1.807, 2.05) is 27.7 Å².